The molecule has 5 heteroatoms. The van der Waals surface area contributed by atoms with Crippen molar-refractivity contribution in [1.82, 2.24) is 0 Å². The molecule has 0 saturated heterocycles. The molecule has 0 atom stereocenters. The lowest BCUT2D eigenvalue weighted by molar-refractivity contribution is 0.282. The summed E-state index contributed by atoms with van der Waals surface area (Å²) in [5.74, 6) is -0.997. The Kier molecular flexibility index (Phi) is 8.33. The molecule has 0 amide bonds. The Morgan fingerprint density at radius 3 is 2.09 bits per heavy atom. The van der Waals surface area contributed by atoms with Gasteiger partial charge < -0.3 is 25.2 Å². The Morgan fingerprint density at radius 2 is 1.48 bits per heavy atom. The van der Waals surface area contributed by atoms with Crippen LogP contribution in [0.25, 0.3) is 6.08 Å². The van der Waals surface area contributed by atoms with Crippen LogP contribution in [0, 0.1) is 6.92 Å². The van der Waals surface area contributed by atoms with Gasteiger partial charge in [-0.05, 0) is 26.2 Å². The van der Waals surface area contributed by atoms with Gasteiger partial charge in [-0.1, -0.05) is 37.8 Å². The van der Waals surface area contributed by atoms with Crippen molar-refractivity contribution in [3.05, 3.63) is 17.2 Å². The summed E-state index contributed by atoms with van der Waals surface area (Å²) in [6, 6.07) is 0. The molecular weight excluding hydrogens is 296 g/mol. The topological polar surface area (TPSA) is 90.2 Å². The van der Waals surface area contributed by atoms with Crippen LogP contribution in [0.3, 0.4) is 0 Å². The number of unbranched alkanes of at least 4 members (excludes halogenated alkanes) is 6. The fourth-order valence-corrected chi connectivity index (χ4v) is 2.50. The third-order valence-corrected chi connectivity index (χ3v) is 3.94. The fraction of sp³-hybridized carbons (Fsp3) is 0.556. The van der Waals surface area contributed by atoms with Crippen LogP contribution in [-0.2, 0) is 0 Å². The van der Waals surface area contributed by atoms with Crippen molar-refractivity contribution in [3.8, 4) is 23.0 Å². The number of aliphatic hydroxyl groups is 1. The second kappa shape index (κ2) is 10.0. The summed E-state index contributed by atoms with van der Waals surface area (Å²) in [5, 5.41) is 38.5. The second-order valence-electron chi connectivity index (χ2n) is 5.65. The zero-order valence-corrected chi connectivity index (χ0v) is 14.0. The minimum absolute atomic E-state index is 0.111. The Labute approximate surface area is 137 Å². The van der Waals surface area contributed by atoms with Gasteiger partial charge in [0.25, 0.3) is 0 Å². The normalized spacial score (nSPS) is 11.3. The molecule has 0 aromatic heterocycles. The molecule has 0 fully saturated rings. The maximum Gasteiger partial charge on any atom is 0.207 e. The van der Waals surface area contributed by atoms with Crippen LogP contribution in [-0.4, -0.2) is 34.1 Å². The van der Waals surface area contributed by atoms with Crippen molar-refractivity contribution < 1.29 is 25.2 Å². The predicted molar refractivity (Wildman–Crippen MR) is 91.2 cm³/mol. The molecule has 0 heterocycles. The van der Waals surface area contributed by atoms with Crippen molar-refractivity contribution in [3.63, 3.8) is 0 Å². The molecule has 1 aromatic carbocycles. The average molecular weight is 324 g/mol. The van der Waals surface area contributed by atoms with Crippen LogP contribution in [0.4, 0.5) is 0 Å². The van der Waals surface area contributed by atoms with Gasteiger partial charge in [0.2, 0.25) is 11.5 Å². The number of rotatable bonds is 10. The summed E-state index contributed by atoms with van der Waals surface area (Å²) in [7, 11) is 1.32. The summed E-state index contributed by atoms with van der Waals surface area (Å²) in [5.41, 5.74) is 0.876. The summed E-state index contributed by atoms with van der Waals surface area (Å²) >= 11 is 0. The van der Waals surface area contributed by atoms with Crippen LogP contribution < -0.4 is 4.74 Å². The first-order chi connectivity index (χ1) is 11.0. The molecule has 0 saturated carbocycles. The standard InChI is InChI=1S/C18H28O5/c1-13-14(16(21)17(22)18(23-2)15(13)20)11-9-7-5-3-4-6-8-10-12-19/h9,11,19-22H,3-8,10,12H2,1-2H3/b11-9+. The van der Waals surface area contributed by atoms with E-state index in [0.29, 0.717) is 11.1 Å². The first-order valence-corrected chi connectivity index (χ1v) is 8.13. The molecule has 4 N–H and O–H groups in total. The van der Waals surface area contributed by atoms with E-state index in [2.05, 4.69) is 0 Å². The number of methoxy groups -OCH3 is 1. The van der Waals surface area contributed by atoms with Crippen molar-refractivity contribution >= 4 is 6.08 Å². The van der Waals surface area contributed by atoms with E-state index < -0.39 is 5.75 Å². The van der Waals surface area contributed by atoms with Gasteiger partial charge in [-0.2, -0.15) is 0 Å². The number of ether oxygens (including phenoxy) is 1. The smallest absolute Gasteiger partial charge is 0.207 e. The molecule has 0 aliphatic carbocycles. The van der Waals surface area contributed by atoms with Crippen LogP contribution in [0.2, 0.25) is 0 Å². The van der Waals surface area contributed by atoms with Crippen LogP contribution in [0.5, 0.6) is 23.0 Å². The summed E-state index contributed by atoms with van der Waals surface area (Å²) in [4.78, 5) is 0. The molecule has 0 aliphatic rings. The quantitative estimate of drug-likeness (QED) is 0.298. The van der Waals surface area contributed by atoms with E-state index in [9.17, 15) is 15.3 Å². The molecule has 5 nitrogen and oxygen atoms in total. The van der Waals surface area contributed by atoms with Gasteiger partial charge in [0.15, 0.2) is 11.5 Å². The van der Waals surface area contributed by atoms with Crippen molar-refractivity contribution in [1.29, 1.82) is 0 Å². The van der Waals surface area contributed by atoms with Gasteiger partial charge in [-0.3, -0.25) is 0 Å². The van der Waals surface area contributed by atoms with E-state index >= 15 is 0 Å². The molecule has 23 heavy (non-hydrogen) atoms. The van der Waals surface area contributed by atoms with Crippen molar-refractivity contribution in [2.75, 3.05) is 13.7 Å². The average Bonchev–Trinajstić information content (AvgIpc) is 2.55. The zero-order valence-electron chi connectivity index (χ0n) is 14.0. The van der Waals surface area contributed by atoms with Gasteiger partial charge in [0, 0.05) is 17.7 Å². The Hall–Kier alpha value is -1.88. The minimum Gasteiger partial charge on any atom is -0.504 e. The Balaban J connectivity index is 2.54. The van der Waals surface area contributed by atoms with Crippen LogP contribution in [0.1, 0.15) is 56.1 Å². The van der Waals surface area contributed by atoms with E-state index in [1.165, 1.54) is 7.11 Å². The highest BCUT2D eigenvalue weighted by molar-refractivity contribution is 5.73. The minimum atomic E-state index is -0.445. The lowest BCUT2D eigenvalue weighted by Gasteiger charge is -2.13. The lowest BCUT2D eigenvalue weighted by Crippen LogP contribution is -1.91. The molecular formula is C18H28O5. The number of aromatic hydroxyl groups is 3. The highest BCUT2D eigenvalue weighted by Crippen LogP contribution is 2.47. The molecule has 0 radical (unpaired) electrons. The molecule has 0 unspecified atom stereocenters. The van der Waals surface area contributed by atoms with E-state index in [4.69, 9.17) is 9.84 Å². The maximum atomic E-state index is 10.0. The van der Waals surface area contributed by atoms with Gasteiger partial charge in [0.1, 0.15) is 0 Å². The molecule has 0 bridgehead atoms. The largest absolute Gasteiger partial charge is 0.504 e. The van der Waals surface area contributed by atoms with Crippen molar-refractivity contribution in [2.45, 2.75) is 51.9 Å². The maximum absolute atomic E-state index is 10.0. The summed E-state index contributed by atoms with van der Waals surface area (Å²) in [6.45, 7) is 1.94. The number of hydrogen-bond acceptors (Lipinski definition) is 5. The van der Waals surface area contributed by atoms with E-state index in [1.807, 2.05) is 6.08 Å². The number of phenols is 3. The number of aliphatic hydroxyl groups excluding tert-OH is 1. The molecule has 1 aromatic rings. The monoisotopic (exact) mass is 324 g/mol. The second-order valence-corrected chi connectivity index (χ2v) is 5.65. The van der Waals surface area contributed by atoms with Gasteiger partial charge in [-0.15, -0.1) is 0 Å². The third-order valence-electron chi connectivity index (χ3n) is 3.94. The molecule has 0 aliphatic heterocycles. The van der Waals surface area contributed by atoms with Crippen LogP contribution >= 0.6 is 0 Å². The van der Waals surface area contributed by atoms with Crippen LogP contribution in [0.15, 0.2) is 6.08 Å². The van der Waals surface area contributed by atoms with E-state index in [0.717, 1.165) is 44.9 Å². The Bertz CT molecular complexity index is 494. The number of hydrogen-bond donors (Lipinski definition) is 4. The van der Waals surface area contributed by atoms with E-state index in [1.54, 1.807) is 13.0 Å². The highest BCUT2D eigenvalue weighted by atomic mass is 16.5. The molecule has 0 spiro atoms. The number of benzene rings is 1. The SMILES string of the molecule is COc1c(O)c(C)c(/C=C/CCCCCCCCO)c(O)c1O. The van der Waals surface area contributed by atoms with Crippen molar-refractivity contribution in [2.24, 2.45) is 0 Å². The Morgan fingerprint density at radius 1 is 0.870 bits per heavy atom. The highest BCUT2D eigenvalue weighted by Gasteiger charge is 2.20. The molecule has 1 rings (SSSR count). The first-order valence-electron chi connectivity index (χ1n) is 8.13. The number of phenolic OH excluding ortho intramolecular Hbond substituents is 3. The fourth-order valence-electron chi connectivity index (χ4n) is 2.50. The van der Waals surface area contributed by atoms with Gasteiger partial charge in [0.05, 0.1) is 7.11 Å². The lowest BCUT2D eigenvalue weighted by atomic mass is 10.0. The summed E-state index contributed by atoms with van der Waals surface area (Å²) < 4.78 is 4.89. The molecule has 130 valence electrons. The van der Waals surface area contributed by atoms with E-state index in [-0.39, 0.29) is 23.9 Å². The third kappa shape index (κ3) is 5.36. The zero-order chi connectivity index (χ0) is 17.2. The number of allylic oxidation sites excluding steroid dienone is 1. The van der Waals surface area contributed by atoms with Gasteiger partial charge >= 0.3 is 0 Å². The van der Waals surface area contributed by atoms with Gasteiger partial charge in [-0.25, -0.2) is 0 Å². The predicted octanol–water partition coefficient (Wildman–Crippen LogP) is 3.86. The first kappa shape index (κ1) is 19.2. The summed E-state index contributed by atoms with van der Waals surface area (Å²) in [6.07, 6.45) is 10.9.